The van der Waals surface area contributed by atoms with Gasteiger partial charge in [0.2, 0.25) is 0 Å². The molecule has 0 radical (unpaired) electrons. The number of aliphatic carboxylic acids is 1. The number of hydrogen-bond acceptors (Lipinski definition) is 1. The van der Waals surface area contributed by atoms with Gasteiger partial charge in [0.1, 0.15) is 0 Å². The Labute approximate surface area is 121 Å². The monoisotopic (exact) mass is 294 g/mol. The zero-order chi connectivity index (χ0) is 13.8. The van der Waals surface area contributed by atoms with E-state index in [0.29, 0.717) is 10.0 Å². The molecular weight excluding hydrogens is 283 g/mol. The van der Waals surface area contributed by atoms with E-state index in [4.69, 9.17) is 28.3 Å². The molecule has 0 saturated heterocycles. The lowest BCUT2D eigenvalue weighted by molar-refractivity contribution is -0.137. The number of carboxylic acid groups (broad SMARTS) is 1. The van der Waals surface area contributed by atoms with Crippen molar-refractivity contribution >= 4 is 29.2 Å². The van der Waals surface area contributed by atoms with Crippen LogP contribution in [-0.2, 0) is 4.79 Å². The average molecular weight is 295 g/mol. The Morgan fingerprint density at radius 2 is 1.68 bits per heavy atom. The summed E-state index contributed by atoms with van der Waals surface area (Å²) in [5.74, 6) is -1.14. The first-order valence-corrected chi connectivity index (χ1v) is 6.55. The molecule has 2 aromatic carbocycles. The van der Waals surface area contributed by atoms with Gasteiger partial charge in [-0.1, -0.05) is 53.5 Å². The summed E-state index contributed by atoms with van der Waals surface area (Å²) in [7, 11) is 0. The van der Waals surface area contributed by atoms with Gasteiger partial charge in [-0.15, -0.1) is 0 Å². The lowest BCUT2D eigenvalue weighted by Gasteiger charge is -2.17. The fourth-order valence-electron chi connectivity index (χ4n) is 2.03. The summed E-state index contributed by atoms with van der Waals surface area (Å²) < 4.78 is 0. The van der Waals surface area contributed by atoms with Crippen molar-refractivity contribution in [1.82, 2.24) is 0 Å². The second-order valence-electron chi connectivity index (χ2n) is 4.22. The Morgan fingerprint density at radius 1 is 1.05 bits per heavy atom. The smallest absolute Gasteiger partial charge is 0.304 e. The van der Waals surface area contributed by atoms with Crippen molar-refractivity contribution in [1.29, 1.82) is 0 Å². The van der Waals surface area contributed by atoms with Gasteiger partial charge in [0, 0.05) is 16.0 Å². The average Bonchev–Trinajstić information content (AvgIpc) is 2.38. The van der Waals surface area contributed by atoms with Crippen molar-refractivity contribution in [2.45, 2.75) is 12.3 Å². The zero-order valence-corrected chi connectivity index (χ0v) is 11.5. The molecule has 2 rings (SSSR count). The molecule has 1 unspecified atom stereocenters. The molecule has 2 nitrogen and oxygen atoms in total. The van der Waals surface area contributed by atoms with Crippen LogP contribution in [0.5, 0.6) is 0 Å². The second kappa shape index (κ2) is 6.09. The number of rotatable bonds is 4. The van der Waals surface area contributed by atoms with E-state index in [1.165, 1.54) is 0 Å². The van der Waals surface area contributed by atoms with Crippen molar-refractivity contribution in [2.75, 3.05) is 0 Å². The van der Waals surface area contributed by atoms with Gasteiger partial charge in [-0.05, 0) is 29.3 Å². The molecule has 0 aromatic heterocycles. The first-order valence-electron chi connectivity index (χ1n) is 5.79. The SMILES string of the molecule is O=C(O)CC(c1ccc(Cl)cc1)c1ccccc1Cl. The number of benzene rings is 2. The summed E-state index contributed by atoms with van der Waals surface area (Å²) in [5.41, 5.74) is 1.70. The van der Waals surface area contributed by atoms with E-state index >= 15 is 0 Å². The topological polar surface area (TPSA) is 37.3 Å². The van der Waals surface area contributed by atoms with Crippen LogP contribution < -0.4 is 0 Å². The molecule has 0 saturated carbocycles. The van der Waals surface area contributed by atoms with Crippen LogP contribution in [0.3, 0.4) is 0 Å². The van der Waals surface area contributed by atoms with Gasteiger partial charge in [-0.25, -0.2) is 0 Å². The predicted octanol–water partition coefficient (Wildman–Crippen LogP) is 4.60. The first-order chi connectivity index (χ1) is 9.08. The number of carbonyl (C=O) groups is 1. The van der Waals surface area contributed by atoms with E-state index in [1.807, 2.05) is 30.3 Å². The zero-order valence-electron chi connectivity index (χ0n) is 10.0. The number of carboxylic acids is 1. The summed E-state index contributed by atoms with van der Waals surface area (Å²) in [5, 5.41) is 10.3. The minimum atomic E-state index is -0.861. The number of halogens is 2. The largest absolute Gasteiger partial charge is 0.481 e. The quantitative estimate of drug-likeness (QED) is 0.895. The van der Waals surface area contributed by atoms with Gasteiger partial charge in [-0.3, -0.25) is 4.79 Å². The third-order valence-corrected chi connectivity index (χ3v) is 3.53. The summed E-state index contributed by atoms with van der Waals surface area (Å²) in [6.45, 7) is 0. The molecule has 0 aliphatic rings. The van der Waals surface area contributed by atoms with Crippen LogP contribution in [0.4, 0.5) is 0 Å². The maximum absolute atomic E-state index is 11.1. The van der Waals surface area contributed by atoms with E-state index in [9.17, 15) is 4.79 Å². The third kappa shape index (κ3) is 3.49. The van der Waals surface area contributed by atoms with Crippen molar-refractivity contribution in [3.8, 4) is 0 Å². The molecule has 0 aliphatic carbocycles. The molecule has 0 heterocycles. The molecule has 0 bridgehead atoms. The van der Waals surface area contributed by atoms with E-state index in [1.54, 1.807) is 18.2 Å². The molecule has 0 aliphatic heterocycles. The highest BCUT2D eigenvalue weighted by molar-refractivity contribution is 6.31. The fraction of sp³-hybridized carbons (Fsp3) is 0.133. The first kappa shape index (κ1) is 13.9. The Bertz CT molecular complexity index is 579. The molecule has 4 heteroatoms. The standard InChI is InChI=1S/C15H12Cl2O2/c16-11-7-5-10(6-8-11)13(9-15(18)19)12-3-1-2-4-14(12)17/h1-8,13H,9H2,(H,18,19). The third-order valence-electron chi connectivity index (χ3n) is 2.93. The van der Waals surface area contributed by atoms with Crippen molar-refractivity contribution < 1.29 is 9.90 Å². The van der Waals surface area contributed by atoms with Crippen LogP contribution in [0.2, 0.25) is 10.0 Å². The molecule has 2 aromatic rings. The Hall–Kier alpha value is -1.51. The van der Waals surface area contributed by atoms with E-state index < -0.39 is 5.97 Å². The molecule has 1 atom stereocenters. The van der Waals surface area contributed by atoms with E-state index in [0.717, 1.165) is 11.1 Å². The summed E-state index contributed by atoms with van der Waals surface area (Å²) in [4.78, 5) is 11.1. The normalized spacial score (nSPS) is 12.1. The van der Waals surface area contributed by atoms with Crippen LogP contribution in [-0.4, -0.2) is 11.1 Å². The molecule has 19 heavy (non-hydrogen) atoms. The van der Waals surface area contributed by atoms with Gasteiger partial charge in [-0.2, -0.15) is 0 Å². The van der Waals surface area contributed by atoms with Crippen LogP contribution in [0.25, 0.3) is 0 Å². The molecular formula is C15H12Cl2O2. The van der Waals surface area contributed by atoms with Crippen LogP contribution in [0, 0.1) is 0 Å². The Morgan fingerprint density at radius 3 is 2.26 bits per heavy atom. The lowest BCUT2D eigenvalue weighted by atomic mass is 9.88. The highest BCUT2D eigenvalue weighted by atomic mass is 35.5. The van der Waals surface area contributed by atoms with Gasteiger partial charge >= 0.3 is 5.97 Å². The number of hydrogen-bond donors (Lipinski definition) is 1. The van der Waals surface area contributed by atoms with E-state index in [2.05, 4.69) is 0 Å². The van der Waals surface area contributed by atoms with Crippen molar-refractivity contribution in [3.63, 3.8) is 0 Å². The van der Waals surface area contributed by atoms with Gasteiger partial charge in [0.05, 0.1) is 6.42 Å². The van der Waals surface area contributed by atoms with Gasteiger partial charge in [0.15, 0.2) is 0 Å². The minimum Gasteiger partial charge on any atom is -0.481 e. The predicted molar refractivity (Wildman–Crippen MR) is 77.0 cm³/mol. The van der Waals surface area contributed by atoms with Crippen LogP contribution in [0.15, 0.2) is 48.5 Å². The summed E-state index contributed by atoms with van der Waals surface area (Å²) >= 11 is 12.0. The molecule has 0 fully saturated rings. The maximum atomic E-state index is 11.1. The minimum absolute atomic E-state index is 0.00857. The lowest BCUT2D eigenvalue weighted by Crippen LogP contribution is -2.08. The Balaban J connectivity index is 2.44. The molecule has 0 amide bonds. The fourth-order valence-corrected chi connectivity index (χ4v) is 2.43. The van der Waals surface area contributed by atoms with Crippen molar-refractivity contribution in [2.24, 2.45) is 0 Å². The van der Waals surface area contributed by atoms with Crippen LogP contribution >= 0.6 is 23.2 Å². The summed E-state index contributed by atoms with van der Waals surface area (Å²) in [6, 6.07) is 14.5. The van der Waals surface area contributed by atoms with Gasteiger partial charge < -0.3 is 5.11 Å². The van der Waals surface area contributed by atoms with Crippen molar-refractivity contribution in [3.05, 3.63) is 69.7 Å². The highest BCUT2D eigenvalue weighted by Crippen LogP contribution is 2.33. The second-order valence-corrected chi connectivity index (χ2v) is 5.07. The van der Waals surface area contributed by atoms with Gasteiger partial charge in [0.25, 0.3) is 0 Å². The van der Waals surface area contributed by atoms with E-state index in [-0.39, 0.29) is 12.3 Å². The maximum Gasteiger partial charge on any atom is 0.304 e. The highest BCUT2D eigenvalue weighted by Gasteiger charge is 2.19. The van der Waals surface area contributed by atoms with Crippen LogP contribution in [0.1, 0.15) is 23.5 Å². The molecule has 98 valence electrons. The molecule has 1 N–H and O–H groups in total. The molecule has 0 spiro atoms. The summed E-state index contributed by atoms with van der Waals surface area (Å²) in [6.07, 6.45) is -0.00857. The Kier molecular flexibility index (Phi) is 4.46.